The van der Waals surface area contributed by atoms with Crippen molar-refractivity contribution in [1.29, 1.82) is 0 Å². The summed E-state index contributed by atoms with van der Waals surface area (Å²) in [6.07, 6.45) is -0.649. The number of nitrogens with two attached hydrogens (primary N) is 1. The molecule has 110 valence electrons. The Hall–Kier alpha value is -2.20. The molecule has 0 saturated carbocycles. The molecular weight excluding hydrogens is 288 g/mol. The third-order valence-corrected chi connectivity index (χ3v) is 3.21. The lowest BCUT2D eigenvalue weighted by atomic mass is 10.2. The first kappa shape index (κ1) is 15.2. The van der Waals surface area contributed by atoms with Gasteiger partial charge in [-0.15, -0.1) is 0 Å². The SMILES string of the molecule is Cc1ccc(Cl)cc1OC(C)C(=O)Nc1cccc(N)c1. The zero-order chi connectivity index (χ0) is 15.4. The Labute approximate surface area is 128 Å². The lowest BCUT2D eigenvalue weighted by molar-refractivity contribution is -0.122. The molecule has 0 radical (unpaired) electrons. The van der Waals surface area contributed by atoms with Crippen molar-refractivity contribution in [2.24, 2.45) is 0 Å². The maximum Gasteiger partial charge on any atom is 0.265 e. The fourth-order valence-corrected chi connectivity index (χ4v) is 1.97. The van der Waals surface area contributed by atoms with Crippen molar-refractivity contribution < 1.29 is 9.53 Å². The molecule has 0 aliphatic heterocycles. The first-order valence-electron chi connectivity index (χ1n) is 6.55. The van der Waals surface area contributed by atoms with E-state index in [4.69, 9.17) is 22.1 Å². The molecule has 0 aliphatic carbocycles. The second-order valence-electron chi connectivity index (χ2n) is 4.78. The topological polar surface area (TPSA) is 64.3 Å². The number of halogens is 1. The minimum absolute atomic E-state index is 0.250. The number of hydrogen-bond donors (Lipinski definition) is 2. The molecule has 1 unspecified atom stereocenters. The van der Waals surface area contributed by atoms with Crippen LogP contribution in [-0.4, -0.2) is 12.0 Å². The number of carbonyl (C=O) groups excluding carboxylic acids is 1. The van der Waals surface area contributed by atoms with Crippen LogP contribution in [0.1, 0.15) is 12.5 Å². The minimum atomic E-state index is -0.649. The van der Waals surface area contributed by atoms with Gasteiger partial charge in [-0.05, 0) is 49.7 Å². The molecule has 0 bridgehead atoms. The largest absolute Gasteiger partial charge is 0.481 e. The van der Waals surface area contributed by atoms with Crippen LogP contribution in [-0.2, 0) is 4.79 Å². The summed E-state index contributed by atoms with van der Waals surface area (Å²) >= 11 is 5.93. The minimum Gasteiger partial charge on any atom is -0.481 e. The predicted molar refractivity (Wildman–Crippen MR) is 85.8 cm³/mol. The first-order chi connectivity index (χ1) is 9.95. The fourth-order valence-electron chi connectivity index (χ4n) is 1.81. The van der Waals surface area contributed by atoms with E-state index in [-0.39, 0.29) is 5.91 Å². The van der Waals surface area contributed by atoms with E-state index in [9.17, 15) is 4.79 Å². The van der Waals surface area contributed by atoms with Crippen molar-refractivity contribution in [1.82, 2.24) is 0 Å². The number of ether oxygens (including phenoxy) is 1. The Morgan fingerprint density at radius 1 is 1.29 bits per heavy atom. The number of amides is 1. The number of nitrogens with one attached hydrogen (secondary N) is 1. The summed E-state index contributed by atoms with van der Waals surface area (Å²) in [4.78, 5) is 12.1. The zero-order valence-corrected chi connectivity index (χ0v) is 12.6. The summed E-state index contributed by atoms with van der Waals surface area (Å²) in [6, 6.07) is 12.3. The van der Waals surface area contributed by atoms with Gasteiger partial charge in [-0.25, -0.2) is 0 Å². The number of hydrogen-bond acceptors (Lipinski definition) is 3. The molecule has 0 aliphatic rings. The van der Waals surface area contributed by atoms with Gasteiger partial charge < -0.3 is 15.8 Å². The van der Waals surface area contributed by atoms with Crippen LogP contribution >= 0.6 is 11.6 Å². The van der Waals surface area contributed by atoms with Gasteiger partial charge in [0.1, 0.15) is 5.75 Å². The Morgan fingerprint density at radius 2 is 2.05 bits per heavy atom. The second-order valence-corrected chi connectivity index (χ2v) is 5.22. The third kappa shape index (κ3) is 4.13. The molecule has 1 amide bonds. The standard InChI is InChI=1S/C16H17ClN2O2/c1-10-6-7-12(17)8-15(10)21-11(2)16(20)19-14-5-3-4-13(18)9-14/h3-9,11H,18H2,1-2H3,(H,19,20). The van der Waals surface area contributed by atoms with Crippen LogP contribution in [0.4, 0.5) is 11.4 Å². The van der Waals surface area contributed by atoms with Gasteiger partial charge in [-0.2, -0.15) is 0 Å². The number of rotatable bonds is 4. The molecule has 4 nitrogen and oxygen atoms in total. The molecule has 2 aromatic carbocycles. The predicted octanol–water partition coefficient (Wildman–Crippen LogP) is 3.64. The Kier molecular flexibility index (Phi) is 4.70. The van der Waals surface area contributed by atoms with E-state index in [1.165, 1.54) is 0 Å². The number of aryl methyl sites for hydroxylation is 1. The van der Waals surface area contributed by atoms with Gasteiger partial charge in [-0.3, -0.25) is 4.79 Å². The number of benzene rings is 2. The highest BCUT2D eigenvalue weighted by Crippen LogP contribution is 2.24. The summed E-state index contributed by atoms with van der Waals surface area (Å²) in [7, 11) is 0. The van der Waals surface area contributed by atoms with Crippen molar-refractivity contribution in [3.8, 4) is 5.75 Å². The first-order valence-corrected chi connectivity index (χ1v) is 6.92. The van der Waals surface area contributed by atoms with Crippen LogP contribution in [0.25, 0.3) is 0 Å². The molecule has 5 heteroatoms. The number of carbonyl (C=O) groups is 1. The molecule has 0 fully saturated rings. The van der Waals surface area contributed by atoms with E-state index in [1.54, 1.807) is 43.3 Å². The van der Waals surface area contributed by atoms with E-state index in [0.29, 0.717) is 22.1 Å². The lowest BCUT2D eigenvalue weighted by Crippen LogP contribution is -2.30. The number of anilines is 2. The van der Waals surface area contributed by atoms with Gasteiger partial charge in [0.05, 0.1) is 0 Å². The molecule has 21 heavy (non-hydrogen) atoms. The average molecular weight is 305 g/mol. The highest BCUT2D eigenvalue weighted by molar-refractivity contribution is 6.30. The van der Waals surface area contributed by atoms with Gasteiger partial charge >= 0.3 is 0 Å². The normalized spacial score (nSPS) is 11.8. The maximum atomic E-state index is 12.1. The van der Waals surface area contributed by atoms with Crippen molar-refractivity contribution in [2.45, 2.75) is 20.0 Å². The Bertz CT molecular complexity index is 658. The quantitative estimate of drug-likeness (QED) is 0.848. The van der Waals surface area contributed by atoms with Crippen LogP contribution in [0.3, 0.4) is 0 Å². The molecule has 1 atom stereocenters. The monoisotopic (exact) mass is 304 g/mol. The molecular formula is C16H17ClN2O2. The Balaban J connectivity index is 2.04. The summed E-state index contributed by atoms with van der Waals surface area (Å²) in [5.74, 6) is 0.345. The number of nitrogen functional groups attached to an aromatic ring is 1. The molecule has 3 N–H and O–H groups in total. The second kappa shape index (κ2) is 6.50. The van der Waals surface area contributed by atoms with Crippen LogP contribution < -0.4 is 15.8 Å². The van der Waals surface area contributed by atoms with Crippen LogP contribution in [0, 0.1) is 6.92 Å². The van der Waals surface area contributed by atoms with Crippen LogP contribution in [0.5, 0.6) is 5.75 Å². The zero-order valence-electron chi connectivity index (χ0n) is 11.9. The van der Waals surface area contributed by atoms with E-state index in [1.807, 2.05) is 13.0 Å². The Morgan fingerprint density at radius 3 is 2.76 bits per heavy atom. The van der Waals surface area contributed by atoms with E-state index in [0.717, 1.165) is 5.56 Å². The summed E-state index contributed by atoms with van der Waals surface area (Å²) in [5, 5.41) is 3.33. The van der Waals surface area contributed by atoms with Gasteiger partial charge in [0.25, 0.3) is 5.91 Å². The van der Waals surface area contributed by atoms with Crippen molar-refractivity contribution in [3.05, 3.63) is 53.1 Å². The van der Waals surface area contributed by atoms with E-state index < -0.39 is 6.10 Å². The molecule has 0 spiro atoms. The van der Waals surface area contributed by atoms with Crippen molar-refractivity contribution in [2.75, 3.05) is 11.1 Å². The van der Waals surface area contributed by atoms with Crippen LogP contribution in [0.2, 0.25) is 5.02 Å². The van der Waals surface area contributed by atoms with Gasteiger partial charge in [0.15, 0.2) is 6.10 Å². The van der Waals surface area contributed by atoms with Crippen LogP contribution in [0.15, 0.2) is 42.5 Å². The van der Waals surface area contributed by atoms with Gasteiger partial charge in [0.2, 0.25) is 0 Å². The molecule has 0 aromatic heterocycles. The fraction of sp³-hybridized carbons (Fsp3) is 0.188. The maximum absolute atomic E-state index is 12.1. The molecule has 0 saturated heterocycles. The van der Waals surface area contributed by atoms with E-state index in [2.05, 4.69) is 5.32 Å². The highest BCUT2D eigenvalue weighted by Gasteiger charge is 2.16. The molecule has 0 heterocycles. The third-order valence-electron chi connectivity index (χ3n) is 2.98. The summed E-state index contributed by atoms with van der Waals surface area (Å²) in [6.45, 7) is 3.58. The van der Waals surface area contributed by atoms with Gasteiger partial charge in [-0.1, -0.05) is 23.7 Å². The lowest BCUT2D eigenvalue weighted by Gasteiger charge is -2.16. The average Bonchev–Trinajstić information content (AvgIpc) is 2.43. The van der Waals surface area contributed by atoms with Crippen molar-refractivity contribution >= 4 is 28.9 Å². The summed E-state index contributed by atoms with van der Waals surface area (Å²) < 4.78 is 5.66. The molecule has 2 rings (SSSR count). The van der Waals surface area contributed by atoms with E-state index >= 15 is 0 Å². The smallest absolute Gasteiger partial charge is 0.265 e. The van der Waals surface area contributed by atoms with Crippen molar-refractivity contribution in [3.63, 3.8) is 0 Å². The van der Waals surface area contributed by atoms with Gasteiger partial charge in [0, 0.05) is 16.4 Å². The highest BCUT2D eigenvalue weighted by atomic mass is 35.5. The molecule has 2 aromatic rings. The summed E-state index contributed by atoms with van der Waals surface area (Å²) in [5.41, 5.74) is 7.82.